The lowest BCUT2D eigenvalue weighted by molar-refractivity contribution is -0.123. The number of hydrogen-bond donors (Lipinski definition) is 1. The molecule has 0 aliphatic heterocycles. The van der Waals surface area contributed by atoms with Gasteiger partial charge in [0.2, 0.25) is 5.76 Å². The van der Waals surface area contributed by atoms with Crippen LogP contribution >= 0.6 is 15.9 Å². The fraction of sp³-hybridized carbons (Fsp3) is 0.150. The molecule has 6 nitrogen and oxygen atoms in total. The summed E-state index contributed by atoms with van der Waals surface area (Å²) in [5, 5.41) is 12.5. The molecule has 0 saturated carbocycles. The van der Waals surface area contributed by atoms with Crippen molar-refractivity contribution in [2.24, 2.45) is 0 Å². The molecule has 1 atom stereocenters. The molecule has 0 saturated heterocycles. The zero-order chi connectivity index (χ0) is 19.6. The second-order valence-corrected chi connectivity index (χ2v) is 6.81. The number of benzene rings is 2. The van der Waals surface area contributed by atoms with Crippen LogP contribution in [0, 0.1) is 18.3 Å². The highest BCUT2D eigenvalue weighted by atomic mass is 79.9. The van der Waals surface area contributed by atoms with E-state index in [1.54, 1.807) is 37.3 Å². The third kappa shape index (κ3) is 3.86. The van der Waals surface area contributed by atoms with Gasteiger partial charge in [0.15, 0.2) is 6.10 Å². The maximum atomic E-state index is 12.5. The molecule has 27 heavy (non-hydrogen) atoms. The minimum absolute atomic E-state index is 0.0557. The van der Waals surface area contributed by atoms with Crippen molar-refractivity contribution in [2.45, 2.75) is 20.0 Å². The second-order valence-electron chi connectivity index (χ2n) is 5.89. The van der Waals surface area contributed by atoms with Crippen molar-refractivity contribution < 1.29 is 18.7 Å². The summed E-state index contributed by atoms with van der Waals surface area (Å²) >= 11 is 3.38. The average molecular weight is 427 g/mol. The van der Waals surface area contributed by atoms with Gasteiger partial charge < -0.3 is 14.5 Å². The monoisotopic (exact) mass is 426 g/mol. The Morgan fingerprint density at radius 2 is 2.00 bits per heavy atom. The van der Waals surface area contributed by atoms with Gasteiger partial charge in [0, 0.05) is 15.4 Å². The maximum Gasteiger partial charge on any atom is 0.375 e. The van der Waals surface area contributed by atoms with E-state index in [2.05, 4.69) is 21.2 Å². The van der Waals surface area contributed by atoms with Gasteiger partial charge in [0.25, 0.3) is 5.91 Å². The molecule has 0 aliphatic rings. The number of halogens is 1. The lowest BCUT2D eigenvalue weighted by Gasteiger charge is -2.13. The van der Waals surface area contributed by atoms with Crippen molar-refractivity contribution in [3.8, 4) is 6.07 Å². The highest BCUT2D eigenvalue weighted by Crippen LogP contribution is 2.28. The number of nitrogens with one attached hydrogen (secondary N) is 1. The van der Waals surface area contributed by atoms with Crippen LogP contribution in [0.1, 0.15) is 28.6 Å². The molecule has 0 spiro atoms. The molecule has 2 aromatic carbocycles. The fourth-order valence-corrected chi connectivity index (χ4v) is 2.94. The number of fused-ring (bicyclic) bond motifs is 1. The topological polar surface area (TPSA) is 92.3 Å². The number of para-hydroxylation sites is 1. The van der Waals surface area contributed by atoms with E-state index in [4.69, 9.17) is 14.4 Å². The Hall–Kier alpha value is -3.11. The summed E-state index contributed by atoms with van der Waals surface area (Å²) in [5.41, 5.74) is 1.88. The van der Waals surface area contributed by atoms with E-state index in [1.807, 2.05) is 18.2 Å². The highest BCUT2D eigenvalue weighted by molar-refractivity contribution is 9.10. The van der Waals surface area contributed by atoms with Gasteiger partial charge in [-0.2, -0.15) is 5.26 Å². The quantitative estimate of drug-likeness (QED) is 0.617. The predicted octanol–water partition coefficient (Wildman–Crippen LogP) is 4.56. The highest BCUT2D eigenvalue weighted by Gasteiger charge is 2.24. The number of nitrogens with zero attached hydrogens (tertiary/aromatic N) is 1. The Kier molecular flexibility index (Phi) is 5.28. The number of furan rings is 1. The molecule has 0 fully saturated rings. The molecule has 7 heteroatoms. The van der Waals surface area contributed by atoms with Gasteiger partial charge in [-0.25, -0.2) is 4.79 Å². The Morgan fingerprint density at radius 3 is 2.74 bits per heavy atom. The first kappa shape index (κ1) is 18.7. The summed E-state index contributed by atoms with van der Waals surface area (Å²) < 4.78 is 11.7. The molecule has 1 amide bonds. The van der Waals surface area contributed by atoms with Gasteiger partial charge in [-0.15, -0.1) is 0 Å². The van der Waals surface area contributed by atoms with Crippen LogP contribution in [0.15, 0.2) is 51.4 Å². The van der Waals surface area contributed by atoms with Crippen molar-refractivity contribution >= 4 is 44.5 Å². The van der Waals surface area contributed by atoms with Crippen LogP contribution in [-0.2, 0) is 9.53 Å². The van der Waals surface area contributed by atoms with E-state index >= 15 is 0 Å². The van der Waals surface area contributed by atoms with Gasteiger partial charge in [0.05, 0.1) is 11.3 Å². The minimum Gasteiger partial charge on any atom is -0.449 e. The molecule has 3 rings (SSSR count). The Morgan fingerprint density at radius 1 is 1.26 bits per heavy atom. The summed E-state index contributed by atoms with van der Waals surface area (Å²) in [7, 11) is 0. The smallest absolute Gasteiger partial charge is 0.375 e. The summed E-state index contributed by atoms with van der Waals surface area (Å²) in [4.78, 5) is 24.8. The molecule has 3 aromatic rings. The summed E-state index contributed by atoms with van der Waals surface area (Å²) in [6.07, 6.45) is -1.07. The largest absolute Gasteiger partial charge is 0.449 e. The number of ether oxygens (including phenoxy) is 1. The van der Waals surface area contributed by atoms with Gasteiger partial charge >= 0.3 is 5.97 Å². The number of esters is 1. The van der Waals surface area contributed by atoms with Crippen LogP contribution in [0.5, 0.6) is 0 Å². The number of carbonyl (C=O) groups is 2. The molecule has 1 heterocycles. The molecular formula is C20H15BrN2O4. The standard InChI is InChI=1S/C20H15BrN2O4/c1-11-15-9-14(21)7-8-17(15)27-18(11)20(25)26-12(2)19(24)23-16-6-4-3-5-13(16)10-22/h3-9,12H,1-2H3,(H,23,24). The van der Waals surface area contributed by atoms with Gasteiger partial charge in [-0.05, 0) is 44.2 Å². The molecule has 136 valence electrons. The molecule has 0 radical (unpaired) electrons. The van der Waals surface area contributed by atoms with E-state index in [0.717, 1.165) is 9.86 Å². The normalized spacial score (nSPS) is 11.6. The lowest BCUT2D eigenvalue weighted by atomic mass is 10.1. The second kappa shape index (κ2) is 7.64. The van der Waals surface area contributed by atoms with Crippen LogP contribution in [-0.4, -0.2) is 18.0 Å². The first-order chi connectivity index (χ1) is 12.9. The number of nitriles is 1. The van der Waals surface area contributed by atoms with Crippen LogP contribution in [0.3, 0.4) is 0 Å². The van der Waals surface area contributed by atoms with Crippen LogP contribution in [0.25, 0.3) is 11.0 Å². The number of aryl methyl sites for hydroxylation is 1. The molecule has 0 bridgehead atoms. The minimum atomic E-state index is -1.07. The lowest BCUT2D eigenvalue weighted by Crippen LogP contribution is -2.30. The van der Waals surface area contributed by atoms with Crippen LogP contribution < -0.4 is 5.32 Å². The van der Waals surface area contributed by atoms with Crippen molar-refractivity contribution in [2.75, 3.05) is 5.32 Å². The summed E-state index contributed by atoms with van der Waals surface area (Å²) in [6, 6.07) is 14.0. The Balaban J connectivity index is 1.75. The Labute approximate surface area is 163 Å². The number of amides is 1. The zero-order valence-corrected chi connectivity index (χ0v) is 16.2. The van der Waals surface area contributed by atoms with Crippen molar-refractivity contribution in [3.63, 3.8) is 0 Å². The zero-order valence-electron chi connectivity index (χ0n) is 14.6. The van der Waals surface area contributed by atoms with Crippen molar-refractivity contribution in [1.82, 2.24) is 0 Å². The first-order valence-corrected chi connectivity index (χ1v) is 8.89. The molecule has 1 aromatic heterocycles. The van der Waals surface area contributed by atoms with Crippen molar-refractivity contribution in [1.29, 1.82) is 5.26 Å². The van der Waals surface area contributed by atoms with E-state index in [9.17, 15) is 9.59 Å². The van der Waals surface area contributed by atoms with Crippen LogP contribution in [0.2, 0.25) is 0 Å². The van der Waals surface area contributed by atoms with E-state index in [1.165, 1.54) is 6.92 Å². The summed E-state index contributed by atoms with van der Waals surface area (Å²) in [6.45, 7) is 3.21. The molecular weight excluding hydrogens is 412 g/mol. The maximum absolute atomic E-state index is 12.5. The van der Waals surface area contributed by atoms with Crippen molar-refractivity contribution in [3.05, 3.63) is 63.8 Å². The SMILES string of the molecule is Cc1c(C(=O)OC(C)C(=O)Nc2ccccc2C#N)oc2ccc(Br)cc12. The Bertz CT molecular complexity index is 1080. The van der Waals surface area contributed by atoms with E-state index in [-0.39, 0.29) is 5.76 Å². The van der Waals surface area contributed by atoms with E-state index in [0.29, 0.717) is 22.4 Å². The molecule has 0 aliphatic carbocycles. The van der Waals surface area contributed by atoms with Gasteiger partial charge in [0.1, 0.15) is 11.7 Å². The number of hydrogen-bond acceptors (Lipinski definition) is 5. The third-order valence-corrected chi connectivity index (χ3v) is 4.54. The first-order valence-electron chi connectivity index (χ1n) is 8.10. The molecule has 1 N–H and O–H groups in total. The number of rotatable bonds is 4. The summed E-state index contributed by atoms with van der Waals surface area (Å²) in [5.74, 6) is -1.21. The number of anilines is 1. The van der Waals surface area contributed by atoms with Crippen LogP contribution in [0.4, 0.5) is 5.69 Å². The third-order valence-electron chi connectivity index (χ3n) is 4.04. The average Bonchev–Trinajstić information content (AvgIpc) is 2.98. The molecule has 1 unspecified atom stereocenters. The van der Waals surface area contributed by atoms with Gasteiger partial charge in [-0.3, -0.25) is 4.79 Å². The predicted molar refractivity (Wildman–Crippen MR) is 103 cm³/mol. The van der Waals surface area contributed by atoms with E-state index < -0.39 is 18.0 Å². The fourth-order valence-electron chi connectivity index (χ4n) is 2.58. The number of carbonyl (C=O) groups excluding carboxylic acids is 2. The van der Waals surface area contributed by atoms with Gasteiger partial charge in [-0.1, -0.05) is 28.1 Å².